The van der Waals surface area contributed by atoms with Crippen molar-refractivity contribution in [2.24, 2.45) is 0 Å². The number of aromatic nitrogens is 4. The Bertz CT molecular complexity index is 2530. The van der Waals surface area contributed by atoms with Crippen LogP contribution in [-0.2, 0) is 24.8 Å². The number of nitrogens with zero attached hydrogens (tertiary/aromatic N) is 5. The average Bonchev–Trinajstić information content (AvgIpc) is 3.78. The van der Waals surface area contributed by atoms with Gasteiger partial charge < -0.3 is 10.1 Å². The molecule has 1 saturated heterocycles. The number of rotatable bonds is 9. The van der Waals surface area contributed by atoms with Crippen LogP contribution >= 0.6 is 23.2 Å². The van der Waals surface area contributed by atoms with Crippen LogP contribution in [0, 0.1) is 11.6 Å². The van der Waals surface area contributed by atoms with Crippen LogP contribution in [0.3, 0.4) is 0 Å². The first-order chi connectivity index (χ1) is 23.9. The normalized spacial score (nSPS) is 15.3. The van der Waals surface area contributed by atoms with Crippen LogP contribution in [0.1, 0.15) is 12.8 Å². The minimum absolute atomic E-state index is 0.0317. The second-order valence-corrected chi connectivity index (χ2v) is 15.6. The summed E-state index contributed by atoms with van der Waals surface area (Å²) < 4.78 is 95.2. The highest BCUT2D eigenvalue weighted by atomic mass is 35.5. The fraction of sp³-hybridized carbons (Fsp3) is 0.156. The van der Waals surface area contributed by atoms with Gasteiger partial charge in [-0.3, -0.25) is 9.29 Å². The molecule has 0 radical (unpaired) electrons. The third-order valence-electron chi connectivity index (χ3n) is 8.14. The van der Waals surface area contributed by atoms with Gasteiger partial charge in [0.1, 0.15) is 45.2 Å². The van der Waals surface area contributed by atoms with Crippen molar-refractivity contribution in [3.8, 4) is 5.82 Å². The maximum Gasteiger partial charge on any atom is 0.263 e. The quantitative estimate of drug-likeness (QED) is 0.161. The molecule has 3 aromatic carbocycles. The lowest BCUT2D eigenvalue weighted by molar-refractivity contribution is 0.0395. The molecular weight excluding hydrogens is 735 g/mol. The minimum atomic E-state index is -4.45. The van der Waals surface area contributed by atoms with Gasteiger partial charge in [-0.25, -0.2) is 40.6 Å². The topological polar surface area (TPSA) is 148 Å². The molecule has 0 aliphatic carbocycles. The second kappa shape index (κ2) is 13.0. The maximum absolute atomic E-state index is 15.8. The van der Waals surface area contributed by atoms with Crippen LogP contribution in [0.4, 0.5) is 26.0 Å². The summed E-state index contributed by atoms with van der Waals surface area (Å²) in [5.74, 6) is -2.20. The predicted molar refractivity (Wildman–Crippen MR) is 185 cm³/mol. The van der Waals surface area contributed by atoms with E-state index in [4.69, 9.17) is 27.9 Å². The zero-order valence-electron chi connectivity index (χ0n) is 25.8. The third-order valence-corrected chi connectivity index (χ3v) is 12.4. The predicted octanol–water partition coefficient (Wildman–Crippen LogP) is 6.86. The van der Waals surface area contributed by atoms with Crippen molar-refractivity contribution >= 4 is 82.4 Å². The number of nitrogens with one attached hydrogen (secondary N) is 2. The smallest absolute Gasteiger partial charge is 0.263 e. The molecule has 12 nitrogen and oxygen atoms in total. The minimum Gasteiger partial charge on any atom is -0.362 e. The van der Waals surface area contributed by atoms with E-state index >= 15 is 8.78 Å². The zero-order chi connectivity index (χ0) is 35.4. The molecule has 7 rings (SSSR count). The Hall–Kier alpha value is -4.45. The highest BCUT2D eigenvalue weighted by Gasteiger charge is 2.33. The molecule has 0 saturated carbocycles. The Morgan fingerprint density at radius 3 is 2.54 bits per heavy atom. The molecule has 18 heteroatoms. The number of ether oxygens (including phenoxy) is 1. The lowest BCUT2D eigenvalue weighted by atomic mass is 10.2. The summed E-state index contributed by atoms with van der Waals surface area (Å²) in [6.07, 6.45) is 3.35. The van der Waals surface area contributed by atoms with Crippen molar-refractivity contribution in [1.82, 2.24) is 23.8 Å². The molecule has 50 heavy (non-hydrogen) atoms. The highest BCUT2D eigenvalue weighted by molar-refractivity contribution is 7.92. The number of hydrogen-bond acceptors (Lipinski definition) is 9. The maximum atomic E-state index is 15.8. The Labute approximate surface area is 294 Å². The van der Waals surface area contributed by atoms with Gasteiger partial charge in [-0.2, -0.15) is 4.31 Å². The van der Waals surface area contributed by atoms with Crippen molar-refractivity contribution in [3.05, 3.63) is 101 Å². The van der Waals surface area contributed by atoms with Gasteiger partial charge in [-0.15, -0.1) is 0 Å². The van der Waals surface area contributed by atoms with Crippen LogP contribution in [-0.4, -0.2) is 60.5 Å². The van der Waals surface area contributed by atoms with E-state index in [1.165, 1.54) is 35.7 Å². The van der Waals surface area contributed by atoms with E-state index in [1.54, 1.807) is 41.0 Å². The molecule has 1 aliphatic rings. The molecule has 0 bridgehead atoms. The van der Waals surface area contributed by atoms with E-state index < -0.39 is 54.2 Å². The van der Waals surface area contributed by atoms with Gasteiger partial charge in [0.15, 0.2) is 11.6 Å². The van der Waals surface area contributed by atoms with Crippen LogP contribution in [0.5, 0.6) is 0 Å². The molecule has 0 amide bonds. The van der Waals surface area contributed by atoms with Crippen molar-refractivity contribution < 1.29 is 30.4 Å². The lowest BCUT2D eigenvalue weighted by Crippen LogP contribution is -2.36. The average molecular weight is 761 g/mol. The summed E-state index contributed by atoms with van der Waals surface area (Å²) in [5.41, 5.74) is -0.410. The number of para-hydroxylation sites is 1. The van der Waals surface area contributed by atoms with Crippen LogP contribution < -0.4 is 10.0 Å². The monoisotopic (exact) mass is 759 g/mol. The Balaban J connectivity index is 1.27. The first-order valence-corrected chi connectivity index (χ1v) is 18.6. The van der Waals surface area contributed by atoms with E-state index in [2.05, 4.69) is 25.0 Å². The Kier molecular flexibility index (Phi) is 8.86. The number of fused-ring (bicyclic) bond motifs is 2. The van der Waals surface area contributed by atoms with Crippen LogP contribution in [0.15, 0.2) is 89.0 Å². The molecule has 0 spiro atoms. The van der Waals surface area contributed by atoms with Gasteiger partial charge in [0.05, 0.1) is 26.8 Å². The molecular formula is C32H25Cl2F2N7O5S2. The number of pyridine rings is 1. The number of hydrogen-bond donors (Lipinski definition) is 2. The molecule has 1 atom stereocenters. The summed E-state index contributed by atoms with van der Waals surface area (Å²) in [6.45, 7) is 0.470. The molecule has 4 heterocycles. The standard InChI is InChI=1S/C32H25Cl2F2N7O5S2/c1-42(27-10-5-15-48-27)50(46,47)25-16-43(23-8-3-2-6-18(23)25)26-14-13-22-31(39-26)32(38-17-37-22)40-30-20(35)11-12-21(29(30)36)41-49(44,45)24-9-4-7-19(33)28(24)34/h2-4,6-9,11-14,16-17,27,41H,5,10,15H2,1H3,(H,37,38,40)/t27-/m1/s1. The molecule has 1 aliphatic heterocycles. The number of halogens is 4. The van der Waals surface area contributed by atoms with Gasteiger partial charge in [-0.1, -0.05) is 47.5 Å². The van der Waals surface area contributed by atoms with E-state index in [9.17, 15) is 16.8 Å². The van der Waals surface area contributed by atoms with Gasteiger partial charge in [0.2, 0.25) is 10.0 Å². The van der Waals surface area contributed by atoms with E-state index in [0.717, 1.165) is 24.9 Å². The molecule has 3 aromatic heterocycles. The van der Waals surface area contributed by atoms with Crippen molar-refractivity contribution in [2.75, 3.05) is 23.7 Å². The molecule has 1 fully saturated rings. The first-order valence-electron chi connectivity index (χ1n) is 14.9. The van der Waals surface area contributed by atoms with Crippen molar-refractivity contribution in [3.63, 3.8) is 0 Å². The van der Waals surface area contributed by atoms with Gasteiger partial charge in [0, 0.05) is 25.2 Å². The second-order valence-electron chi connectivity index (χ2n) is 11.2. The van der Waals surface area contributed by atoms with Gasteiger partial charge >= 0.3 is 0 Å². The summed E-state index contributed by atoms with van der Waals surface area (Å²) >= 11 is 12.0. The van der Waals surface area contributed by atoms with Gasteiger partial charge in [0.25, 0.3) is 10.0 Å². The molecule has 258 valence electrons. The summed E-state index contributed by atoms with van der Waals surface area (Å²) in [5, 5.41) is 2.74. The highest BCUT2D eigenvalue weighted by Crippen LogP contribution is 2.35. The zero-order valence-corrected chi connectivity index (χ0v) is 29.0. The third kappa shape index (κ3) is 6.01. The fourth-order valence-electron chi connectivity index (χ4n) is 5.61. The molecule has 2 N–H and O–H groups in total. The van der Waals surface area contributed by atoms with Crippen molar-refractivity contribution in [2.45, 2.75) is 28.9 Å². The Morgan fingerprint density at radius 1 is 0.960 bits per heavy atom. The largest absolute Gasteiger partial charge is 0.362 e. The summed E-state index contributed by atoms with van der Waals surface area (Å²) in [4.78, 5) is 12.7. The number of benzene rings is 3. The van der Waals surface area contributed by atoms with Crippen LogP contribution in [0.25, 0.3) is 27.8 Å². The van der Waals surface area contributed by atoms with Crippen molar-refractivity contribution in [1.29, 1.82) is 0 Å². The Morgan fingerprint density at radius 2 is 1.76 bits per heavy atom. The molecule has 6 aromatic rings. The summed E-state index contributed by atoms with van der Waals surface area (Å²) in [6, 6.07) is 15.8. The number of sulfonamides is 2. The first kappa shape index (κ1) is 34.0. The van der Waals surface area contributed by atoms with Crippen LogP contribution in [0.2, 0.25) is 10.0 Å². The molecule has 0 unspecified atom stereocenters. The van der Waals surface area contributed by atoms with E-state index in [-0.39, 0.29) is 32.1 Å². The van der Waals surface area contributed by atoms with E-state index in [0.29, 0.717) is 29.4 Å². The SMILES string of the molecule is CN([C@H]1CCCO1)S(=O)(=O)c1cn(-c2ccc3ncnc(Nc4c(F)ccc(NS(=O)(=O)c5cccc(Cl)c5Cl)c4F)c3n2)c2ccccc12. The number of anilines is 3. The van der Waals surface area contributed by atoms with E-state index in [1.807, 2.05) is 0 Å². The lowest BCUT2D eigenvalue weighted by Gasteiger charge is -2.22. The summed E-state index contributed by atoms with van der Waals surface area (Å²) in [7, 11) is -6.97. The fourth-order valence-corrected chi connectivity index (χ4v) is 8.91. The van der Waals surface area contributed by atoms with Gasteiger partial charge in [-0.05, 0) is 55.3 Å².